The van der Waals surface area contributed by atoms with E-state index in [0.717, 1.165) is 24.3 Å². The maximum absolute atomic E-state index is 12.0. The summed E-state index contributed by atoms with van der Waals surface area (Å²) in [6.07, 6.45) is 2.45. The lowest BCUT2D eigenvalue weighted by atomic mass is 10.1. The van der Waals surface area contributed by atoms with Crippen molar-refractivity contribution < 1.29 is 4.79 Å². The van der Waals surface area contributed by atoms with E-state index in [1.807, 2.05) is 6.07 Å². The van der Waals surface area contributed by atoms with Crippen LogP contribution in [-0.2, 0) is 4.79 Å². The fraction of sp³-hybridized carbons (Fsp3) is 0.562. The first-order chi connectivity index (χ1) is 9.99. The molecule has 114 valence electrons. The Hall–Kier alpha value is -1.59. The Morgan fingerprint density at radius 1 is 1.38 bits per heavy atom. The highest BCUT2D eigenvalue weighted by Gasteiger charge is 2.33. The Kier molecular flexibility index (Phi) is 3.63. The van der Waals surface area contributed by atoms with Gasteiger partial charge in [0.05, 0.1) is 5.69 Å². The van der Waals surface area contributed by atoms with Gasteiger partial charge in [-0.15, -0.1) is 0 Å². The molecule has 0 aliphatic carbocycles. The van der Waals surface area contributed by atoms with Gasteiger partial charge in [0, 0.05) is 37.4 Å². The minimum absolute atomic E-state index is 0.0200. The van der Waals surface area contributed by atoms with Crippen LogP contribution < -0.4 is 15.5 Å². The lowest BCUT2D eigenvalue weighted by Crippen LogP contribution is -2.37. The highest BCUT2D eigenvalue weighted by molar-refractivity contribution is 6.04. The summed E-state index contributed by atoms with van der Waals surface area (Å²) in [6.45, 7) is 2.15. The molecule has 2 unspecified atom stereocenters. The van der Waals surface area contributed by atoms with Crippen molar-refractivity contribution in [3.05, 3.63) is 23.8 Å². The molecule has 2 N–H and O–H groups in total. The molecule has 21 heavy (non-hydrogen) atoms. The Balaban J connectivity index is 1.89. The molecule has 1 fully saturated rings. The molecule has 0 spiro atoms. The molecule has 2 atom stereocenters. The maximum atomic E-state index is 12.0. The van der Waals surface area contributed by atoms with Crippen molar-refractivity contribution in [1.29, 1.82) is 0 Å². The highest BCUT2D eigenvalue weighted by Crippen LogP contribution is 2.37. The van der Waals surface area contributed by atoms with Gasteiger partial charge in [-0.25, -0.2) is 0 Å². The summed E-state index contributed by atoms with van der Waals surface area (Å²) in [7, 11) is 6.04. The number of amides is 1. The molecule has 5 heteroatoms. The second-order valence-corrected chi connectivity index (χ2v) is 6.37. The van der Waals surface area contributed by atoms with Gasteiger partial charge in [-0.2, -0.15) is 0 Å². The van der Waals surface area contributed by atoms with Gasteiger partial charge in [-0.05, 0) is 39.1 Å². The summed E-state index contributed by atoms with van der Waals surface area (Å²) >= 11 is 0. The topological polar surface area (TPSA) is 52.8 Å². The van der Waals surface area contributed by atoms with Crippen LogP contribution in [0.1, 0.15) is 24.4 Å². The van der Waals surface area contributed by atoms with Crippen LogP contribution in [0.5, 0.6) is 0 Å². The molecule has 1 saturated heterocycles. The predicted octanol–water partition coefficient (Wildman–Crippen LogP) is 1.19. The van der Waals surface area contributed by atoms with Gasteiger partial charge in [0.2, 0.25) is 5.91 Å². The van der Waals surface area contributed by atoms with Crippen molar-refractivity contribution in [3.8, 4) is 0 Å². The predicted molar refractivity (Wildman–Crippen MR) is 85.7 cm³/mol. The van der Waals surface area contributed by atoms with E-state index < -0.39 is 6.04 Å². The van der Waals surface area contributed by atoms with Crippen LogP contribution in [0.15, 0.2) is 18.2 Å². The van der Waals surface area contributed by atoms with E-state index in [2.05, 4.69) is 36.0 Å². The van der Waals surface area contributed by atoms with E-state index in [4.69, 9.17) is 5.73 Å². The van der Waals surface area contributed by atoms with Gasteiger partial charge >= 0.3 is 0 Å². The molecule has 3 rings (SSSR count). The molecule has 2 heterocycles. The van der Waals surface area contributed by atoms with Gasteiger partial charge in [0.25, 0.3) is 0 Å². The second kappa shape index (κ2) is 5.31. The molecular weight excluding hydrogens is 264 g/mol. The first-order valence-electron chi connectivity index (χ1n) is 7.57. The molecule has 0 saturated carbocycles. The van der Waals surface area contributed by atoms with Crippen LogP contribution in [0, 0.1) is 0 Å². The number of hydrogen-bond acceptors (Lipinski definition) is 4. The van der Waals surface area contributed by atoms with Crippen LogP contribution in [0.25, 0.3) is 0 Å². The van der Waals surface area contributed by atoms with E-state index in [1.165, 1.54) is 18.5 Å². The summed E-state index contributed by atoms with van der Waals surface area (Å²) in [4.78, 5) is 18.4. The molecule has 2 aliphatic heterocycles. The summed E-state index contributed by atoms with van der Waals surface area (Å²) < 4.78 is 0. The molecule has 0 bridgehead atoms. The summed E-state index contributed by atoms with van der Waals surface area (Å²) in [5, 5.41) is 0. The number of carbonyl (C=O) groups excluding carboxylic acids is 1. The number of rotatable bonds is 3. The molecule has 0 radical (unpaired) electrons. The average molecular weight is 288 g/mol. The molecule has 2 aliphatic rings. The first kappa shape index (κ1) is 14.4. The average Bonchev–Trinajstić information content (AvgIpc) is 2.98. The number of carbonyl (C=O) groups is 1. The zero-order valence-electron chi connectivity index (χ0n) is 13.0. The van der Waals surface area contributed by atoms with Crippen molar-refractivity contribution in [2.24, 2.45) is 5.73 Å². The van der Waals surface area contributed by atoms with E-state index in [9.17, 15) is 4.79 Å². The van der Waals surface area contributed by atoms with E-state index >= 15 is 0 Å². The van der Waals surface area contributed by atoms with Crippen LogP contribution in [0.3, 0.4) is 0 Å². The smallest absolute Gasteiger partial charge is 0.248 e. The third kappa shape index (κ3) is 2.40. The van der Waals surface area contributed by atoms with Crippen molar-refractivity contribution in [3.63, 3.8) is 0 Å². The standard InChI is InChI=1S/C16H24N4O/c1-18(2)10-12-5-4-8-20(12)11-6-7-13-14(9-11)19(3)16(21)15(13)17/h6-7,9,12,15H,4-5,8,10,17H2,1-3H3. The minimum Gasteiger partial charge on any atom is -0.367 e. The van der Waals surface area contributed by atoms with Gasteiger partial charge in [0.15, 0.2) is 0 Å². The number of likely N-dealkylation sites (N-methyl/N-ethyl adjacent to an activating group) is 2. The quantitative estimate of drug-likeness (QED) is 0.908. The van der Waals surface area contributed by atoms with E-state index in [0.29, 0.717) is 6.04 Å². The van der Waals surface area contributed by atoms with Crippen molar-refractivity contribution >= 4 is 17.3 Å². The Morgan fingerprint density at radius 2 is 2.14 bits per heavy atom. The molecule has 5 nitrogen and oxygen atoms in total. The SMILES string of the molecule is CN(C)CC1CCCN1c1ccc2c(c1)N(C)C(=O)C2N. The first-order valence-corrected chi connectivity index (χ1v) is 7.57. The highest BCUT2D eigenvalue weighted by atomic mass is 16.2. The van der Waals surface area contributed by atoms with Gasteiger partial charge in [-0.1, -0.05) is 6.07 Å². The fourth-order valence-corrected chi connectivity index (χ4v) is 3.51. The monoisotopic (exact) mass is 288 g/mol. The summed E-state index contributed by atoms with van der Waals surface area (Å²) in [5.74, 6) is -0.0200. The van der Waals surface area contributed by atoms with Crippen molar-refractivity contribution in [2.75, 3.05) is 44.0 Å². The lowest BCUT2D eigenvalue weighted by molar-refractivity contribution is -0.118. The second-order valence-electron chi connectivity index (χ2n) is 6.37. The van der Waals surface area contributed by atoms with Gasteiger partial charge in [-0.3, -0.25) is 4.79 Å². The molecular formula is C16H24N4O. The minimum atomic E-state index is -0.504. The zero-order chi connectivity index (χ0) is 15.1. The third-order valence-corrected chi connectivity index (χ3v) is 4.59. The number of fused-ring (bicyclic) bond motifs is 1. The van der Waals surface area contributed by atoms with E-state index in [-0.39, 0.29) is 5.91 Å². The van der Waals surface area contributed by atoms with Gasteiger partial charge in [0.1, 0.15) is 6.04 Å². The zero-order valence-corrected chi connectivity index (χ0v) is 13.0. The Bertz CT molecular complexity index is 557. The number of hydrogen-bond donors (Lipinski definition) is 1. The van der Waals surface area contributed by atoms with Crippen molar-refractivity contribution in [1.82, 2.24) is 4.90 Å². The summed E-state index contributed by atoms with van der Waals surface area (Å²) in [6, 6.07) is 6.29. The van der Waals surface area contributed by atoms with Crippen LogP contribution >= 0.6 is 0 Å². The molecule has 1 amide bonds. The van der Waals surface area contributed by atoms with E-state index in [1.54, 1.807) is 11.9 Å². The largest absolute Gasteiger partial charge is 0.367 e. The molecule has 0 aromatic heterocycles. The number of nitrogens with zero attached hydrogens (tertiary/aromatic N) is 3. The fourth-order valence-electron chi connectivity index (χ4n) is 3.51. The van der Waals surface area contributed by atoms with Crippen molar-refractivity contribution in [2.45, 2.75) is 24.9 Å². The van der Waals surface area contributed by atoms with Crippen LogP contribution in [-0.4, -0.2) is 51.1 Å². The normalized spacial score (nSPS) is 25.1. The number of nitrogens with two attached hydrogens (primary N) is 1. The third-order valence-electron chi connectivity index (χ3n) is 4.59. The van der Waals surface area contributed by atoms with Gasteiger partial charge < -0.3 is 20.4 Å². The maximum Gasteiger partial charge on any atom is 0.248 e. The Labute approximate surface area is 126 Å². The van der Waals surface area contributed by atoms with Crippen LogP contribution in [0.4, 0.5) is 11.4 Å². The summed E-state index contributed by atoms with van der Waals surface area (Å²) in [5.41, 5.74) is 9.06. The molecule has 1 aromatic rings. The number of benzene rings is 1. The number of anilines is 2. The Morgan fingerprint density at radius 3 is 2.86 bits per heavy atom. The molecule has 1 aromatic carbocycles. The van der Waals surface area contributed by atoms with Crippen LogP contribution in [0.2, 0.25) is 0 Å². The lowest BCUT2D eigenvalue weighted by Gasteiger charge is -2.29.